The SMILES string of the molecule is O=CC=Cc1ccc(Cl)c(CC(=O)O)c1. The van der Waals surface area contributed by atoms with Gasteiger partial charge in [-0.05, 0) is 29.3 Å². The average Bonchev–Trinajstić information content (AvgIpc) is 2.18. The Morgan fingerprint density at radius 2 is 2.20 bits per heavy atom. The summed E-state index contributed by atoms with van der Waals surface area (Å²) in [5, 5.41) is 9.04. The summed E-state index contributed by atoms with van der Waals surface area (Å²) in [7, 11) is 0. The lowest BCUT2D eigenvalue weighted by molar-refractivity contribution is -0.136. The van der Waals surface area contributed by atoms with Gasteiger partial charge in [-0.2, -0.15) is 0 Å². The van der Waals surface area contributed by atoms with Gasteiger partial charge in [0.1, 0.15) is 6.29 Å². The molecule has 1 N–H and O–H groups in total. The number of aliphatic carboxylic acids is 1. The van der Waals surface area contributed by atoms with Crippen molar-refractivity contribution in [1.29, 1.82) is 0 Å². The van der Waals surface area contributed by atoms with Crippen molar-refractivity contribution in [2.75, 3.05) is 0 Å². The van der Waals surface area contributed by atoms with Crippen LogP contribution in [0.15, 0.2) is 24.3 Å². The zero-order valence-electron chi connectivity index (χ0n) is 7.81. The highest BCUT2D eigenvalue weighted by molar-refractivity contribution is 6.31. The van der Waals surface area contributed by atoms with E-state index in [1.54, 1.807) is 24.3 Å². The molecular weight excluding hydrogens is 216 g/mol. The second kappa shape index (κ2) is 5.32. The van der Waals surface area contributed by atoms with Crippen molar-refractivity contribution in [3.05, 3.63) is 40.4 Å². The summed E-state index contributed by atoms with van der Waals surface area (Å²) in [6.45, 7) is 0. The molecule has 0 saturated heterocycles. The van der Waals surface area contributed by atoms with Crippen molar-refractivity contribution in [3.63, 3.8) is 0 Å². The first-order valence-corrected chi connectivity index (χ1v) is 4.63. The molecular formula is C11H9ClO3. The van der Waals surface area contributed by atoms with E-state index in [9.17, 15) is 9.59 Å². The molecule has 0 saturated carbocycles. The molecule has 0 unspecified atom stereocenters. The largest absolute Gasteiger partial charge is 0.481 e. The van der Waals surface area contributed by atoms with Crippen LogP contribution in [0, 0.1) is 0 Å². The summed E-state index contributed by atoms with van der Waals surface area (Å²) < 4.78 is 0. The Labute approximate surface area is 92.0 Å². The maximum atomic E-state index is 10.5. The summed E-state index contributed by atoms with van der Waals surface area (Å²) in [4.78, 5) is 20.6. The number of hydrogen-bond donors (Lipinski definition) is 1. The molecule has 0 atom stereocenters. The monoisotopic (exact) mass is 224 g/mol. The molecule has 0 spiro atoms. The van der Waals surface area contributed by atoms with Gasteiger partial charge in [0, 0.05) is 5.02 Å². The van der Waals surface area contributed by atoms with Gasteiger partial charge in [-0.1, -0.05) is 23.7 Å². The Hall–Kier alpha value is -1.61. The topological polar surface area (TPSA) is 54.4 Å². The molecule has 15 heavy (non-hydrogen) atoms. The van der Waals surface area contributed by atoms with E-state index in [1.165, 1.54) is 6.08 Å². The van der Waals surface area contributed by atoms with E-state index in [0.29, 0.717) is 16.9 Å². The fraction of sp³-hybridized carbons (Fsp3) is 0.0909. The van der Waals surface area contributed by atoms with E-state index in [1.807, 2.05) is 0 Å². The van der Waals surface area contributed by atoms with Crippen molar-refractivity contribution in [2.45, 2.75) is 6.42 Å². The van der Waals surface area contributed by atoms with Crippen molar-refractivity contribution >= 4 is 29.9 Å². The number of allylic oxidation sites excluding steroid dienone is 1. The van der Waals surface area contributed by atoms with Crippen LogP contribution in [0.25, 0.3) is 6.08 Å². The van der Waals surface area contributed by atoms with E-state index >= 15 is 0 Å². The van der Waals surface area contributed by atoms with Gasteiger partial charge in [0.25, 0.3) is 0 Å². The van der Waals surface area contributed by atoms with Crippen LogP contribution in [0.3, 0.4) is 0 Å². The first-order chi connectivity index (χ1) is 7.13. The Balaban J connectivity index is 2.99. The fourth-order valence-electron chi connectivity index (χ4n) is 1.15. The van der Waals surface area contributed by atoms with Crippen molar-refractivity contribution < 1.29 is 14.7 Å². The molecule has 0 bridgehead atoms. The molecule has 0 aromatic heterocycles. The molecule has 0 aliphatic carbocycles. The third-order valence-electron chi connectivity index (χ3n) is 1.78. The van der Waals surface area contributed by atoms with Crippen molar-refractivity contribution in [2.24, 2.45) is 0 Å². The normalized spacial score (nSPS) is 10.5. The molecule has 1 rings (SSSR count). The molecule has 0 radical (unpaired) electrons. The molecule has 0 aliphatic heterocycles. The number of carboxylic acids is 1. The molecule has 1 aromatic carbocycles. The Kier molecular flexibility index (Phi) is 4.06. The van der Waals surface area contributed by atoms with Gasteiger partial charge in [-0.15, -0.1) is 0 Å². The fourth-order valence-corrected chi connectivity index (χ4v) is 1.33. The van der Waals surface area contributed by atoms with Crippen LogP contribution >= 0.6 is 11.6 Å². The van der Waals surface area contributed by atoms with Crippen molar-refractivity contribution in [1.82, 2.24) is 0 Å². The van der Waals surface area contributed by atoms with Gasteiger partial charge >= 0.3 is 5.97 Å². The maximum Gasteiger partial charge on any atom is 0.307 e. The van der Waals surface area contributed by atoms with Crippen LogP contribution in [0.4, 0.5) is 0 Å². The molecule has 1 aromatic rings. The predicted octanol–water partition coefficient (Wildman–Crippen LogP) is 2.18. The van der Waals surface area contributed by atoms with Crippen LogP contribution in [-0.2, 0) is 16.0 Å². The maximum absolute atomic E-state index is 10.5. The lowest BCUT2D eigenvalue weighted by atomic mass is 10.1. The van der Waals surface area contributed by atoms with E-state index < -0.39 is 5.97 Å². The van der Waals surface area contributed by atoms with Crippen molar-refractivity contribution in [3.8, 4) is 0 Å². The van der Waals surface area contributed by atoms with Gasteiger partial charge in [-0.3, -0.25) is 9.59 Å². The van der Waals surface area contributed by atoms with E-state index in [0.717, 1.165) is 5.56 Å². The Bertz CT molecular complexity index is 410. The number of halogens is 1. The molecule has 0 amide bonds. The molecule has 78 valence electrons. The van der Waals surface area contributed by atoms with Crippen LogP contribution in [0.5, 0.6) is 0 Å². The van der Waals surface area contributed by atoms with E-state index in [-0.39, 0.29) is 6.42 Å². The number of aldehydes is 1. The van der Waals surface area contributed by atoms with E-state index in [2.05, 4.69) is 0 Å². The molecule has 3 nitrogen and oxygen atoms in total. The summed E-state index contributed by atoms with van der Waals surface area (Å²) in [5.41, 5.74) is 1.29. The Morgan fingerprint density at radius 1 is 1.47 bits per heavy atom. The first kappa shape index (κ1) is 11.5. The summed E-state index contributed by atoms with van der Waals surface area (Å²) in [5.74, 6) is -0.937. The number of carbonyl (C=O) groups is 2. The Morgan fingerprint density at radius 3 is 2.80 bits per heavy atom. The van der Waals surface area contributed by atoms with Gasteiger partial charge in [-0.25, -0.2) is 0 Å². The highest BCUT2D eigenvalue weighted by atomic mass is 35.5. The summed E-state index contributed by atoms with van der Waals surface area (Å²) in [6.07, 6.45) is 3.47. The molecule has 0 heterocycles. The van der Waals surface area contributed by atoms with E-state index in [4.69, 9.17) is 16.7 Å². The van der Waals surface area contributed by atoms with Crippen LogP contribution < -0.4 is 0 Å². The number of rotatable bonds is 4. The number of carbonyl (C=O) groups excluding carboxylic acids is 1. The molecule has 4 heteroatoms. The molecule has 0 aliphatic rings. The highest BCUT2D eigenvalue weighted by Gasteiger charge is 2.05. The quantitative estimate of drug-likeness (QED) is 0.630. The minimum atomic E-state index is -0.937. The lowest BCUT2D eigenvalue weighted by Crippen LogP contribution is -2.00. The third-order valence-corrected chi connectivity index (χ3v) is 2.15. The first-order valence-electron chi connectivity index (χ1n) is 4.25. The number of carboxylic acid groups (broad SMARTS) is 1. The lowest BCUT2D eigenvalue weighted by Gasteiger charge is -2.02. The average molecular weight is 225 g/mol. The zero-order valence-corrected chi connectivity index (χ0v) is 8.57. The second-order valence-electron chi connectivity index (χ2n) is 2.92. The van der Waals surface area contributed by atoms with Crippen LogP contribution in [0.2, 0.25) is 5.02 Å². The van der Waals surface area contributed by atoms with Crippen LogP contribution in [0.1, 0.15) is 11.1 Å². The van der Waals surface area contributed by atoms with Crippen LogP contribution in [-0.4, -0.2) is 17.4 Å². The second-order valence-corrected chi connectivity index (χ2v) is 3.32. The zero-order chi connectivity index (χ0) is 11.3. The number of benzene rings is 1. The van der Waals surface area contributed by atoms with Gasteiger partial charge in [0.05, 0.1) is 6.42 Å². The minimum absolute atomic E-state index is 0.123. The summed E-state index contributed by atoms with van der Waals surface area (Å²) >= 11 is 5.82. The highest BCUT2D eigenvalue weighted by Crippen LogP contribution is 2.19. The summed E-state index contributed by atoms with van der Waals surface area (Å²) in [6, 6.07) is 4.98. The standard InChI is InChI=1S/C11H9ClO3/c12-10-4-3-8(2-1-5-13)6-9(10)7-11(14)15/h1-6H,7H2,(H,14,15). The predicted molar refractivity (Wildman–Crippen MR) is 57.9 cm³/mol. The smallest absolute Gasteiger partial charge is 0.307 e. The van der Waals surface area contributed by atoms with Gasteiger partial charge < -0.3 is 5.11 Å². The molecule has 0 fully saturated rings. The van der Waals surface area contributed by atoms with Gasteiger partial charge in [0.2, 0.25) is 0 Å². The van der Waals surface area contributed by atoms with Gasteiger partial charge in [0.15, 0.2) is 0 Å². The minimum Gasteiger partial charge on any atom is -0.481 e. The number of hydrogen-bond acceptors (Lipinski definition) is 2. The third kappa shape index (κ3) is 3.56.